The minimum absolute atomic E-state index is 0.0699. The molecule has 0 saturated carbocycles. The van der Waals surface area contributed by atoms with E-state index in [1.807, 2.05) is 0 Å². The van der Waals surface area contributed by atoms with E-state index in [2.05, 4.69) is 175 Å². The van der Waals surface area contributed by atoms with Crippen molar-refractivity contribution in [2.24, 2.45) is 0 Å². The number of hydrogen-bond donors (Lipinski definition) is 0. The molecule has 2 aromatic carbocycles. The second-order valence-corrected chi connectivity index (χ2v) is 30.6. The maximum absolute atomic E-state index is 4.88. The first-order chi connectivity index (χ1) is 18.3. The van der Waals surface area contributed by atoms with Crippen LogP contribution in [-0.2, 0) is 0 Å². The van der Waals surface area contributed by atoms with Crippen LogP contribution in [-0.4, -0.2) is 54.9 Å². The Morgan fingerprint density at radius 3 is 1.12 bits per heavy atom. The zero-order valence-electron chi connectivity index (χ0n) is 26.7. The molecule has 2 heterocycles. The van der Waals surface area contributed by atoms with Crippen LogP contribution in [0.5, 0.6) is 0 Å². The highest BCUT2D eigenvalue weighted by Crippen LogP contribution is 2.61. The first kappa shape index (κ1) is 29.5. The third-order valence-electron chi connectivity index (χ3n) is 8.70. The van der Waals surface area contributed by atoms with Crippen LogP contribution in [0.1, 0.15) is 99.8 Å². The van der Waals surface area contributed by atoms with Gasteiger partial charge in [-0.2, -0.15) is 0 Å². The van der Waals surface area contributed by atoms with Gasteiger partial charge in [-0.15, -0.1) is 0 Å². The third kappa shape index (κ3) is 4.01. The molecule has 0 atom stereocenters. The minimum atomic E-state index is -2.87. The molecule has 5 rings (SSSR count). The number of fused-ring (bicyclic) bond motifs is 3. The molecular weight excluding hydrogens is 588 g/mol. The molecule has 40 heavy (non-hydrogen) atoms. The fourth-order valence-corrected chi connectivity index (χ4v) is 36.8. The van der Waals surface area contributed by atoms with Crippen molar-refractivity contribution in [3.05, 3.63) is 84.5 Å². The Labute approximate surface area is 253 Å². The minimum Gasteiger partial charge on any atom is -0.379 e. The van der Waals surface area contributed by atoms with Crippen LogP contribution in [0.4, 0.5) is 0 Å². The van der Waals surface area contributed by atoms with E-state index in [1.165, 1.54) is 22.3 Å². The average Bonchev–Trinajstić information content (AvgIpc) is 3.48. The van der Waals surface area contributed by atoms with Crippen molar-refractivity contribution >= 4 is 29.7 Å². The third-order valence-corrected chi connectivity index (χ3v) is 31.2. The van der Waals surface area contributed by atoms with E-state index < -0.39 is 14.4 Å². The molecule has 0 aromatic heterocycles. The quantitative estimate of drug-likeness (QED) is 0.242. The Kier molecular flexibility index (Phi) is 6.65. The largest absolute Gasteiger partial charge is 0.379 e. The van der Waals surface area contributed by atoms with E-state index in [1.54, 1.807) is 0 Å². The lowest BCUT2D eigenvalue weighted by Crippen LogP contribution is -2.90. The maximum Gasteiger partial charge on any atom is 0.370 e. The predicted octanol–water partition coefficient (Wildman–Crippen LogP) is 8.56. The first-order valence-corrected chi connectivity index (χ1v) is 21.8. The summed E-state index contributed by atoms with van der Waals surface area (Å²) >= 11 is 4.88. The van der Waals surface area contributed by atoms with Crippen molar-refractivity contribution < 1.29 is 0 Å². The number of rotatable bonds is 2. The molecule has 1 aliphatic carbocycles. The Morgan fingerprint density at radius 2 is 0.800 bits per heavy atom. The Balaban J connectivity index is 2.00. The molecule has 7 heteroatoms. The number of benzene rings is 2. The van der Waals surface area contributed by atoms with Gasteiger partial charge in [0.15, 0.2) is 0 Å². The first-order valence-electron chi connectivity index (χ1n) is 14.7. The van der Waals surface area contributed by atoms with Crippen LogP contribution in [0, 0.1) is 0 Å². The molecule has 3 aliphatic rings. The number of nitrogens with zero attached hydrogens (tertiary/aromatic N) is 4. The Morgan fingerprint density at radius 1 is 0.500 bits per heavy atom. The van der Waals surface area contributed by atoms with Crippen LogP contribution < -0.4 is 0 Å². The standard InChI is InChI=1S/C33H49BrN4Si2/c1-30(2,3)35-21-22-36(31(4,5)6)39(35,40(34)37(32(7,8)9)23-24-38(40)33(10,11)12)29-27-19-15-13-17-25(27)26-18-14-16-20-28(26)29/h13-24,29H,1-12H3. The van der Waals surface area contributed by atoms with E-state index in [9.17, 15) is 0 Å². The molecule has 0 spiro atoms. The summed E-state index contributed by atoms with van der Waals surface area (Å²) in [7, 11) is -2.87. The average molecular weight is 638 g/mol. The lowest BCUT2D eigenvalue weighted by atomic mass is 10.1. The van der Waals surface area contributed by atoms with Crippen LogP contribution in [0.3, 0.4) is 0 Å². The van der Waals surface area contributed by atoms with E-state index in [-0.39, 0.29) is 27.7 Å². The molecule has 4 nitrogen and oxygen atoms in total. The highest BCUT2D eigenvalue weighted by atomic mass is 79.9. The molecule has 0 unspecified atom stereocenters. The van der Waals surface area contributed by atoms with Crippen molar-refractivity contribution in [1.82, 2.24) is 18.3 Å². The van der Waals surface area contributed by atoms with Crippen LogP contribution in [0.25, 0.3) is 11.1 Å². The molecule has 0 saturated heterocycles. The van der Waals surface area contributed by atoms with Crippen LogP contribution in [0.2, 0.25) is 0 Å². The second-order valence-electron chi connectivity index (χ2n) is 15.7. The highest BCUT2D eigenvalue weighted by Gasteiger charge is 2.79. The van der Waals surface area contributed by atoms with Crippen molar-refractivity contribution in [3.8, 4) is 11.1 Å². The molecule has 2 aromatic rings. The zero-order chi connectivity index (χ0) is 29.7. The number of halogens is 1. The number of hydrogen-bond acceptors (Lipinski definition) is 4. The summed E-state index contributed by atoms with van der Waals surface area (Å²) in [6.45, 7) is 26.0. The molecule has 0 radical (unpaired) electrons. The van der Waals surface area contributed by atoms with Gasteiger partial charge >= 0.3 is 14.4 Å². The maximum atomic E-state index is 4.88. The smallest absolute Gasteiger partial charge is 0.370 e. The second kappa shape index (κ2) is 9.02. The summed E-state index contributed by atoms with van der Waals surface area (Å²) in [5, 5.41) is 0. The lowest BCUT2D eigenvalue weighted by Gasteiger charge is -2.65. The van der Waals surface area contributed by atoms with E-state index in [0.717, 1.165) is 0 Å². The van der Waals surface area contributed by atoms with Crippen molar-refractivity contribution in [1.29, 1.82) is 0 Å². The highest BCUT2D eigenvalue weighted by molar-refractivity contribution is 9.27. The van der Waals surface area contributed by atoms with Gasteiger partial charge in [-0.1, -0.05) is 63.8 Å². The Bertz CT molecular complexity index is 1260. The summed E-state index contributed by atoms with van der Waals surface area (Å²) in [5.41, 5.74) is 5.67. The van der Waals surface area contributed by atoms with Crippen LogP contribution in [0.15, 0.2) is 73.3 Å². The normalized spacial score (nSPS) is 20.5. The van der Waals surface area contributed by atoms with Crippen LogP contribution >= 0.6 is 15.3 Å². The molecule has 0 bridgehead atoms. The fraction of sp³-hybridized carbons (Fsp3) is 0.515. The van der Waals surface area contributed by atoms with E-state index in [0.29, 0.717) is 0 Å². The summed E-state index contributed by atoms with van der Waals surface area (Å²) in [6, 6.07) is 18.5. The topological polar surface area (TPSA) is 13.0 Å². The van der Waals surface area contributed by atoms with Gasteiger partial charge in [0, 0.05) is 52.5 Å². The van der Waals surface area contributed by atoms with Gasteiger partial charge in [0.25, 0.3) is 0 Å². The monoisotopic (exact) mass is 636 g/mol. The van der Waals surface area contributed by atoms with Gasteiger partial charge in [-0.3, -0.25) is 0 Å². The summed E-state index contributed by atoms with van der Waals surface area (Å²) < 4.78 is 11.3. The molecule has 2 aliphatic heterocycles. The predicted molar refractivity (Wildman–Crippen MR) is 179 cm³/mol. The fourth-order valence-electron chi connectivity index (χ4n) is 7.44. The molecule has 0 N–H and O–H groups in total. The van der Waals surface area contributed by atoms with Crippen molar-refractivity contribution in [2.75, 3.05) is 0 Å². The summed E-state index contributed by atoms with van der Waals surface area (Å²) in [5.74, 6) is 0. The van der Waals surface area contributed by atoms with E-state index in [4.69, 9.17) is 15.3 Å². The van der Waals surface area contributed by atoms with Gasteiger partial charge in [0.2, 0.25) is 0 Å². The summed E-state index contributed by atoms with van der Waals surface area (Å²) in [4.78, 5) is 0. The van der Waals surface area contributed by atoms with Gasteiger partial charge in [-0.25, -0.2) is 0 Å². The van der Waals surface area contributed by atoms with Crippen molar-refractivity contribution in [3.63, 3.8) is 0 Å². The molecule has 0 fully saturated rings. The molecule has 0 amide bonds. The van der Waals surface area contributed by atoms with Gasteiger partial charge in [0.1, 0.15) is 0 Å². The lowest BCUT2D eigenvalue weighted by molar-refractivity contribution is 0.243. The Hall–Kier alpha value is -1.97. The van der Waals surface area contributed by atoms with E-state index >= 15 is 0 Å². The van der Waals surface area contributed by atoms with Crippen molar-refractivity contribution in [2.45, 2.75) is 111 Å². The summed E-state index contributed by atoms with van der Waals surface area (Å²) in [6.07, 6.45) is 9.73. The van der Waals surface area contributed by atoms with Gasteiger partial charge < -0.3 is 18.3 Å². The molecular formula is C33H49BrN4Si2. The van der Waals surface area contributed by atoms with Gasteiger partial charge in [0.05, 0.1) is 0 Å². The SMILES string of the molecule is CC(C)(C)N1C=CN(C(C)(C)C)[Si]1(Br)[Si]1(C2c3ccccc3-c3ccccc32)N(C(C)(C)C)C=CN1C(C)(C)C. The molecule has 216 valence electrons. The van der Waals surface area contributed by atoms with Gasteiger partial charge in [-0.05, 0) is 105 Å². The zero-order valence-corrected chi connectivity index (χ0v) is 30.3.